The standard InChI is InChI=1S/C28H29N5O6S/c1-4-7-25(34)29-14-19-15-30-33(16-19)17-20-13-23-26(27-21(20)8-6-11-38-27)28(31-39-23)32-40(35,36)24-12-18(5-2)9-10-22(24)37-3/h9-10,12-13,15-16H,5-6,8,11,14,17H2,1-3H3,(H,29,34)(H,31,32). The highest BCUT2D eigenvalue weighted by molar-refractivity contribution is 7.92. The van der Waals surface area contributed by atoms with E-state index in [1.54, 1.807) is 29.9 Å². The van der Waals surface area contributed by atoms with Crippen molar-refractivity contribution in [2.75, 3.05) is 18.4 Å². The molecule has 1 aliphatic heterocycles. The summed E-state index contributed by atoms with van der Waals surface area (Å²) in [5, 5.41) is 11.7. The number of aryl methyl sites for hydroxylation is 1. The Morgan fingerprint density at radius 1 is 1.25 bits per heavy atom. The van der Waals surface area contributed by atoms with E-state index in [-0.39, 0.29) is 22.4 Å². The Kier molecular flexibility index (Phi) is 7.66. The van der Waals surface area contributed by atoms with E-state index >= 15 is 0 Å². The van der Waals surface area contributed by atoms with Crippen molar-refractivity contribution in [1.82, 2.24) is 20.3 Å². The summed E-state index contributed by atoms with van der Waals surface area (Å²) in [5.41, 5.74) is 3.93. The number of fused-ring (bicyclic) bond motifs is 3. The third kappa shape index (κ3) is 5.46. The maximum atomic E-state index is 13.4. The van der Waals surface area contributed by atoms with Gasteiger partial charge in [0.05, 0.1) is 26.5 Å². The lowest BCUT2D eigenvalue weighted by Crippen LogP contribution is -2.20. The normalized spacial score (nSPS) is 12.7. The van der Waals surface area contributed by atoms with Gasteiger partial charge in [-0.1, -0.05) is 24.1 Å². The van der Waals surface area contributed by atoms with Gasteiger partial charge in [0.1, 0.15) is 21.8 Å². The average molecular weight is 564 g/mol. The molecule has 40 heavy (non-hydrogen) atoms. The minimum atomic E-state index is -4.05. The van der Waals surface area contributed by atoms with Gasteiger partial charge in [-0.15, -0.1) is 0 Å². The van der Waals surface area contributed by atoms with Gasteiger partial charge in [0.15, 0.2) is 11.4 Å². The summed E-state index contributed by atoms with van der Waals surface area (Å²) in [4.78, 5) is 11.7. The van der Waals surface area contributed by atoms with Gasteiger partial charge in [-0.05, 0) is 61.4 Å². The lowest BCUT2D eigenvalue weighted by molar-refractivity contribution is -0.115. The van der Waals surface area contributed by atoms with E-state index in [4.69, 9.17) is 14.0 Å². The minimum Gasteiger partial charge on any atom is -0.495 e. The Bertz CT molecular complexity index is 1750. The fourth-order valence-electron chi connectivity index (χ4n) is 4.66. The van der Waals surface area contributed by atoms with Crippen molar-refractivity contribution in [3.8, 4) is 23.3 Å². The highest BCUT2D eigenvalue weighted by atomic mass is 32.2. The minimum absolute atomic E-state index is 0.0179. The summed E-state index contributed by atoms with van der Waals surface area (Å²) in [5.74, 6) is 5.49. The van der Waals surface area contributed by atoms with Gasteiger partial charge >= 0.3 is 0 Å². The lowest BCUT2D eigenvalue weighted by atomic mass is 9.97. The van der Waals surface area contributed by atoms with Crippen molar-refractivity contribution in [3.05, 3.63) is 58.9 Å². The molecule has 208 valence electrons. The van der Waals surface area contributed by atoms with E-state index in [9.17, 15) is 13.2 Å². The molecule has 0 bridgehead atoms. The van der Waals surface area contributed by atoms with Gasteiger partial charge in [0.2, 0.25) is 0 Å². The number of hydrogen-bond donors (Lipinski definition) is 2. The number of rotatable bonds is 9. The zero-order valence-corrected chi connectivity index (χ0v) is 23.2. The Morgan fingerprint density at radius 2 is 2.10 bits per heavy atom. The number of anilines is 1. The number of benzene rings is 2. The molecule has 1 aliphatic rings. The number of methoxy groups -OCH3 is 1. The monoisotopic (exact) mass is 563 g/mol. The summed E-state index contributed by atoms with van der Waals surface area (Å²) in [6.45, 7) is 4.77. The molecule has 0 radical (unpaired) electrons. The zero-order valence-electron chi connectivity index (χ0n) is 22.4. The second kappa shape index (κ2) is 11.3. The molecular formula is C28H29N5O6S. The first-order valence-electron chi connectivity index (χ1n) is 12.8. The molecule has 0 atom stereocenters. The molecule has 0 saturated heterocycles. The van der Waals surface area contributed by atoms with Crippen molar-refractivity contribution < 1.29 is 27.2 Å². The highest BCUT2D eigenvalue weighted by Crippen LogP contribution is 2.41. The highest BCUT2D eigenvalue weighted by Gasteiger charge is 2.28. The van der Waals surface area contributed by atoms with E-state index < -0.39 is 10.0 Å². The van der Waals surface area contributed by atoms with Crippen LogP contribution in [0.4, 0.5) is 5.82 Å². The van der Waals surface area contributed by atoms with E-state index in [0.717, 1.165) is 35.1 Å². The first-order chi connectivity index (χ1) is 19.3. The quantitative estimate of drug-likeness (QED) is 0.296. The number of nitrogens with zero attached hydrogens (tertiary/aromatic N) is 3. The third-order valence-corrected chi connectivity index (χ3v) is 7.96. The van der Waals surface area contributed by atoms with Crippen molar-refractivity contribution in [3.63, 3.8) is 0 Å². The third-order valence-electron chi connectivity index (χ3n) is 6.60. The number of aromatic nitrogens is 3. The smallest absolute Gasteiger partial charge is 0.296 e. The van der Waals surface area contributed by atoms with Gasteiger partial charge in [0.25, 0.3) is 15.9 Å². The SMILES string of the molecule is CC#CC(=O)NCc1cnn(Cc2cc3onc(NS(=O)(=O)c4cc(CC)ccc4OC)c3c3c2CCCO3)c1. The van der Waals surface area contributed by atoms with Crippen LogP contribution < -0.4 is 19.5 Å². The van der Waals surface area contributed by atoms with Crippen LogP contribution in [0.1, 0.15) is 42.5 Å². The van der Waals surface area contributed by atoms with Gasteiger partial charge in [-0.2, -0.15) is 5.10 Å². The molecule has 2 aromatic heterocycles. The molecule has 0 fully saturated rings. The topological polar surface area (TPSA) is 138 Å². The van der Waals surface area contributed by atoms with Crippen molar-refractivity contribution in [1.29, 1.82) is 0 Å². The van der Waals surface area contributed by atoms with Gasteiger partial charge in [-0.25, -0.2) is 8.42 Å². The maximum absolute atomic E-state index is 13.4. The summed E-state index contributed by atoms with van der Waals surface area (Å²) >= 11 is 0. The van der Waals surface area contributed by atoms with Gasteiger partial charge in [0, 0.05) is 23.9 Å². The van der Waals surface area contributed by atoms with Crippen molar-refractivity contribution in [2.45, 2.75) is 51.1 Å². The van der Waals surface area contributed by atoms with E-state index in [2.05, 4.69) is 32.1 Å². The zero-order chi connectivity index (χ0) is 28.3. The molecule has 11 nitrogen and oxygen atoms in total. The fourth-order valence-corrected chi connectivity index (χ4v) is 5.89. The molecule has 1 amide bonds. The van der Waals surface area contributed by atoms with Gasteiger partial charge < -0.3 is 19.3 Å². The second-order valence-corrected chi connectivity index (χ2v) is 10.9. The van der Waals surface area contributed by atoms with Crippen LogP contribution >= 0.6 is 0 Å². The number of ether oxygens (including phenoxy) is 2. The van der Waals surface area contributed by atoms with Crippen LogP contribution in [0.2, 0.25) is 0 Å². The largest absolute Gasteiger partial charge is 0.495 e. The first kappa shape index (κ1) is 27.1. The number of amides is 1. The molecule has 5 rings (SSSR count). The van der Waals surface area contributed by atoms with Crippen LogP contribution in [0.5, 0.6) is 11.5 Å². The number of nitrogens with one attached hydrogen (secondary N) is 2. The summed E-state index contributed by atoms with van der Waals surface area (Å²) in [6, 6.07) is 6.90. The molecule has 12 heteroatoms. The number of hydrogen-bond acceptors (Lipinski definition) is 8. The summed E-state index contributed by atoms with van der Waals surface area (Å²) < 4.78 is 48.2. The predicted octanol–water partition coefficient (Wildman–Crippen LogP) is 3.41. The Morgan fingerprint density at radius 3 is 2.88 bits per heavy atom. The first-order valence-corrected chi connectivity index (χ1v) is 14.3. The fraction of sp³-hybridized carbons (Fsp3) is 0.321. The van der Waals surface area contributed by atoms with Crippen molar-refractivity contribution >= 4 is 32.7 Å². The van der Waals surface area contributed by atoms with Crippen LogP contribution in [-0.2, 0) is 40.7 Å². The van der Waals surface area contributed by atoms with E-state index in [1.165, 1.54) is 7.11 Å². The Balaban J connectivity index is 1.46. The predicted molar refractivity (Wildman–Crippen MR) is 148 cm³/mol. The molecule has 2 aromatic carbocycles. The van der Waals surface area contributed by atoms with Crippen molar-refractivity contribution in [2.24, 2.45) is 0 Å². The van der Waals surface area contributed by atoms with E-state index in [1.807, 2.05) is 25.3 Å². The van der Waals surface area contributed by atoms with E-state index in [0.29, 0.717) is 42.8 Å². The molecule has 3 heterocycles. The molecule has 0 saturated carbocycles. The lowest BCUT2D eigenvalue weighted by Gasteiger charge is -2.21. The van der Waals surface area contributed by atoms with Crippen LogP contribution in [-0.4, -0.2) is 43.0 Å². The molecular weight excluding hydrogens is 534 g/mol. The van der Waals surface area contributed by atoms with Crippen LogP contribution in [0.15, 0.2) is 46.1 Å². The van der Waals surface area contributed by atoms with Crippen LogP contribution in [0, 0.1) is 11.8 Å². The Hall–Kier alpha value is -4.50. The molecule has 0 unspecified atom stereocenters. The Labute approximate surface area is 231 Å². The summed E-state index contributed by atoms with van der Waals surface area (Å²) in [7, 11) is -2.63. The molecule has 4 aromatic rings. The van der Waals surface area contributed by atoms with Gasteiger partial charge in [-0.3, -0.25) is 14.2 Å². The molecule has 0 aliphatic carbocycles. The van der Waals surface area contributed by atoms with Crippen LogP contribution in [0.25, 0.3) is 11.0 Å². The molecule has 2 N–H and O–H groups in total. The number of sulfonamides is 1. The summed E-state index contributed by atoms with van der Waals surface area (Å²) in [6.07, 6.45) is 5.75. The molecule has 0 spiro atoms. The maximum Gasteiger partial charge on any atom is 0.296 e. The number of carbonyl (C=O) groups is 1. The van der Waals surface area contributed by atoms with Crippen LogP contribution in [0.3, 0.4) is 0 Å². The average Bonchev–Trinajstić information content (AvgIpc) is 3.58. The number of carbonyl (C=O) groups excluding carboxylic acids is 1. The second-order valence-electron chi connectivity index (χ2n) is 9.25.